The van der Waals surface area contributed by atoms with Crippen molar-refractivity contribution in [3.8, 4) is 0 Å². The van der Waals surface area contributed by atoms with Crippen LogP contribution in [0.15, 0.2) is 54.9 Å². The number of hydrogen-bond donors (Lipinski definition) is 0. The third-order valence-electron chi connectivity index (χ3n) is 3.77. The Bertz CT molecular complexity index is 571. The predicted molar refractivity (Wildman–Crippen MR) is 89.9 cm³/mol. The summed E-state index contributed by atoms with van der Waals surface area (Å²) in [5, 5.41) is 0. The Morgan fingerprint density at radius 1 is 1.00 bits per heavy atom. The summed E-state index contributed by atoms with van der Waals surface area (Å²) in [5.74, 6) is 0.178. The molecule has 0 aliphatic heterocycles. The lowest BCUT2D eigenvalue weighted by Gasteiger charge is -2.22. The first kappa shape index (κ1) is 16.0. The van der Waals surface area contributed by atoms with E-state index in [1.807, 2.05) is 44.4 Å². The van der Waals surface area contributed by atoms with Gasteiger partial charge in [-0.3, -0.25) is 9.78 Å². The number of pyridine rings is 1. The van der Waals surface area contributed by atoms with Crippen LogP contribution in [0.25, 0.3) is 0 Å². The maximum absolute atomic E-state index is 12.2. The predicted octanol–water partition coefficient (Wildman–Crippen LogP) is 2.61. The van der Waals surface area contributed by atoms with Gasteiger partial charge in [-0.2, -0.15) is 0 Å². The van der Waals surface area contributed by atoms with E-state index >= 15 is 0 Å². The van der Waals surface area contributed by atoms with Crippen molar-refractivity contribution in [2.45, 2.75) is 12.8 Å². The molecule has 0 saturated carbocycles. The first-order valence-electron chi connectivity index (χ1n) is 7.56. The summed E-state index contributed by atoms with van der Waals surface area (Å²) in [5.41, 5.74) is 2.34. The van der Waals surface area contributed by atoms with Gasteiger partial charge in [-0.25, -0.2) is 0 Å². The van der Waals surface area contributed by atoms with Crippen LogP contribution < -0.4 is 4.90 Å². The van der Waals surface area contributed by atoms with Crippen LogP contribution in [0.5, 0.6) is 0 Å². The summed E-state index contributed by atoms with van der Waals surface area (Å²) >= 11 is 0. The van der Waals surface area contributed by atoms with Crippen LogP contribution in [0.3, 0.4) is 0 Å². The molecule has 0 fully saturated rings. The molecule has 0 aliphatic rings. The molecule has 0 saturated heterocycles. The molecule has 0 atom stereocenters. The highest BCUT2D eigenvalue weighted by Crippen LogP contribution is 2.11. The van der Waals surface area contributed by atoms with Crippen LogP contribution in [0.1, 0.15) is 12.0 Å². The summed E-state index contributed by atoms with van der Waals surface area (Å²) in [6.45, 7) is 1.46. The Kier molecular flexibility index (Phi) is 5.95. The molecule has 0 bridgehead atoms. The van der Waals surface area contributed by atoms with Gasteiger partial charge in [-0.15, -0.1) is 0 Å². The number of aromatic nitrogens is 1. The largest absolute Gasteiger partial charge is 0.374 e. The summed E-state index contributed by atoms with van der Waals surface area (Å²) in [7, 11) is 3.88. The maximum Gasteiger partial charge on any atom is 0.224 e. The number of carbonyl (C=O) groups is 1. The summed E-state index contributed by atoms with van der Waals surface area (Å²) in [6, 6.07) is 14.1. The number of para-hydroxylation sites is 1. The van der Waals surface area contributed by atoms with Gasteiger partial charge in [0.25, 0.3) is 0 Å². The molecule has 0 radical (unpaired) electrons. The molecule has 4 heteroatoms. The smallest absolute Gasteiger partial charge is 0.224 e. The van der Waals surface area contributed by atoms with Crippen LogP contribution in [0.4, 0.5) is 5.69 Å². The normalized spacial score (nSPS) is 10.3. The number of anilines is 1. The number of rotatable bonds is 7. The van der Waals surface area contributed by atoms with Gasteiger partial charge >= 0.3 is 0 Å². The zero-order valence-electron chi connectivity index (χ0n) is 13.3. The van der Waals surface area contributed by atoms with E-state index in [0.717, 1.165) is 25.2 Å². The van der Waals surface area contributed by atoms with Crippen LogP contribution >= 0.6 is 0 Å². The highest BCUT2D eigenvalue weighted by atomic mass is 16.2. The van der Waals surface area contributed by atoms with E-state index in [4.69, 9.17) is 0 Å². The molecule has 116 valence electrons. The molecule has 1 heterocycles. The number of benzene rings is 1. The molecular formula is C18H23N3O. The van der Waals surface area contributed by atoms with E-state index in [1.54, 1.807) is 17.3 Å². The molecular weight excluding hydrogens is 274 g/mol. The average Bonchev–Trinajstić information content (AvgIpc) is 2.58. The highest BCUT2D eigenvalue weighted by Gasteiger charge is 2.10. The first-order valence-corrected chi connectivity index (χ1v) is 7.56. The standard InChI is InChI=1S/C18H23N3O/c1-20(17-6-4-3-5-7-17)15-11-18(22)21(2)14-10-16-8-12-19-13-9-16/h3-9,12-13H,10-11,14-15H2,1-2H3. The molecule has 2 rings (SSSR count). The van der Waals surface area contributed by atoms with Crippen molar-refractivity contribution in [1.29, 1.82) is 0 Å². The van der Waals surface area contributed by atoms with Crippen molar-refractivity contribution in [2.75, 3.05) is 32.1 Å². The van der Waals surface area contributed by atoms with Gasteiger partial charge < -0.3 is 9.80 Å². The lowest BCUT2D eigenvalue weighted by atomic mass is 10.2. The topological polar surface area (TPSA) is 36.4 Å². The Labute approximate surface area is 132 Å². The minimum atomic E-state index is 0.178. The van der Waals surface area contributed by atoms with Crippen LogP contribution in [0, 0.1) is 0 Å². The van der Waals surface area contributed by atoms with Crippen molar-refractivity contribution in [2.24, 2.45) is 0 Å². The fourth-order valence-electron chi connectivity index (χ4n) is 2.24. The lowest BCUT2D eigenvalue weighted by Crippen LogP contribution is -2.32. The van der Waals surface area contributed by atoms with Gasteiger partial charge in [0.05, 0.1) is 0 Å². The van der Waals surface area contributed by atoms with Crippen LogP contribution in [-0.2, 0) is 11.2 Å². The van der Waals surface area contributed by atoms with E-state index in [1.165, 1.54) is 5.56 Å². The summed E-state index contributed by atoms with van der Waals surface area (Å²) in [4.78, 5) is 20.1. The summed E-state index contributed by atoms with van der Waals surface area (Å²) in [6.07, 6.45) is 4.95. The molecule has 0 aliphatic carbocycles. The second kappa shape index (κ2) is 8.17. The molecule has 0 unspecified atom stereocenters. The minimum absolute atomic E-state index is 0.178. The van der Waals surface area contributed by atoms with Gasteiger partial charge in [-0.05, 0) is 36.2 Å². The molecule has 1 amide bonds. The van der Waals surface area contributed by atoms with E-state index in [0.29, 0.717) is 6.42 Å². The van der Waals surface area contributed by atoms with Crippen LogP contribution in [0.2, 0.25) is 0 Å². The minimum Gasteiger partial charge on any atom is -0.374 e. The maximum atomic E-state index is 12.2. The number of carbonyl (C=O) groups excluding carboxylic acids is 1. The van der Waals surface area contributed by atoms with Crippen LogP contribution in [-0.4, -0.2) is 43.0 Å². The van der Waals surface area contributed by atoms with Crippen molar-refractivity contribution in [3.05, 3.63) is 60.4 Å². The average molecular weight is 297 g/mol. The van der Waals surface area contributed by atoms with Gasteiger partial charge in [0.1, 0.15) is 0 Å². The monoisotopic (exact) mass is 297 g/mol. The fourth-order valence-corrected chi connectivity index (χ4v) is 2.24. The number of hydrogen-bond acceptors (Lipinski definition) is 3. The van der Waals surface area contributed by atoms with E-state index in [9.17, 15) is 4.79 Å². The fraction of sp³-hybridized carbons (Fsp3) is 0.333. The van der Waals surface area contributed by atoms with E-state index in [2.05, 4.69) is 22.0 Å². The second-order valence-electron chi connectivity index (χ2n) is 5.43. The Hall–Kier alpha value is -2.36. The number of amides is 1. The second-order valence-corrected chi connectivity index (χ2v) is 5.43. The Balaban J connectivity index is 1.74. The molecule has 1 aromatic heterocycles. The number of nitrogens with zero attached hydrogens (tertiary/aromatic N) is 3. The van der Waals surface area contributed by atoms with Crippen molar-refractivity contribution < 1.29 is 4.79 Å². The number of likely N-dealkylation sites (N-methyl/N-ethyl adjacent to an activating group) is 1. The van der Waals surface area contributed by atoms with E-state index < -0.39 is 0 Å². The third kappa shape index (κ3) is 4.88. The zero-order chi connectivity index (χ0) is 15.8. The molecule has 0 N–H and O–H groups in total. The van der Waals surface area contributed by atoms with Gasteiger partial charge in [0, 0.05) is 51.7 Å². The molecule has 2 aromatic rings. The zero-order valence-corrected chi connectivity index (χ0v) is 13.3. The van der Waals surface area contributed by atoms with Crippen molar-refractivity contribution in [3.63, 3.8) is 0 Å². The first-order chi connectivity index (χ1) is 10.7. The Morgan fingerprint density at radius 2 is 1.68 bits per heavy atom. The molecule has 1 aromatic carbocycles. The molecule has 22 heavy (non-hydrogen) atoms. The SMILES string of the molecule is CN(CCc1ccncc1)C(=O)CCN(C)c1ccccc1. The summed E-state index contributed by atoms with van der Waals surface area (Å²) < 4.78 is 0. The van der Waals surface area contributed by atoms with Gasteiger partial charge in [0.2, 0.25) is 5.91 Å². The van der Waals surface area contributed by atoms with E-state index in [-0.39, 0.29) is 5.91 Å². The van der Waals surface area contributed by atoms with Crippen molar-refractivity contribution in [1.82, 2.24) is 9.88 Å². The van der Waals surface area contributed by atoms with Gasteiger partial charge in [-0.1, -0.05) is 18.2 Å². The Morgan fingerprint density at radius 3 is 2.36 bits per heavy atom. The molecule has 4 nitrogen and oxygen atoms in total. The van der Waals surface area contributed by atoms with Gasteiger partial charge in [0.15, 0.2) is 0 Å². The van der Waals surface area contributed by atoms with Crippen molar-refractivity contribution >= 4 is 11.6 Å². The quantitative estimate of drug-likeness (QED) is 0.788. The molecule has 0 spiro atoms. The third-order valence-corrected chi connectivity index (χ3v) is 3.77. The highest BCUT2D eigenvalue weighted by molar-refractivity contribution is 5.76. The lowest BCUT2D eigenvalue weighted by molar-refractivity contribution is -0.129.